The fourth-order valence-corrected chi connectivity index (χ4v) is 4.48. The van der Waals surface area contributed by atoms with E-state index in [1.807, 2.05) is 76.2 Å². The molecule has 0 saturated carbocycles. The molecule has 0 spiro atoms. The van der Waals surface area contributed by atoms with Crippen LogP contribution >= 0.6 is 0 Å². The van der Waals surface area contributed by atoms with E-state index in [4.69, 9.17) is 23.1 Å². The average molecular weight is 640 g/mol. The summed E-state index contributed by atoms with van der Waals surface area (Å²) in [4.78, 5) is 13.8. The highest BCUT2D eigenvalue weighted by Crippen LogP contribution is 2.17. The first-order valence-corrected chi connectivity index (χ1v) is 15.8. The molecule has 3 rings (SSSR count). The molecule has 0 bridgehead atoms. The van der Waals surface area contributed by atoms with Crippen LogP contribution in [0.15, 0.2) is 87.9 Å². The van der Waals surface area contributed by atoms with Gasteiger partial charge < -0.3 is 18.9 Å². The maximum Gasteiger partial charge on any atom is 0.414 e. The Morgan fingerprint density at radius 3 is 1.82 bits per heavy atom. The minimum Gasteiger partial charge on any atom is -0.491 e. The zero-order chi connectivity index (χ0) is 32.7. The largest absolute Gasteiger partial charge is 0.491 e. The van der Waals surface area contributed by atoms with Gasteiger partial charge in [0.1, 0.15) is 18.0 Å². The number of ether oxygens (including phenoxy) is 4. The van der Waals surface area contributed by atoms with Crippen LogP contribution in [0.25, 0.3) is 0 Å². The summed E-state index contributed by atoms with van der Waals surface area (Å²) < 4.78 is 51.1. The van der Waals surface area contributed by atoms with Crippen molar-refractivity contribution in [3.8, 4) is 5.75 Å². The SMILES string of the molecule is Cc1ccc(S(=O)(=O)OCCOCCOCCOc2ccc(/C=N/N=C/c3ccc(N(C)C(=O)OC(C)(C)C)cc3)cc2)cc1. The number of amides is 1. The van der Waals surface area contributed by atoms with E-state index in [-0.39, 0.29) is 18.1 Å². The number of carbonyl (C=O) groups excluding carboxylic acids is 1. The molecule has 0 atom stereocenters. The maximum atomic E-state index is 12.2. The quantitative estimate of drug-likeness (QED) is 0.0854. The minimum atomic E-state index is -3.79. The molecule has 0 N–H and O–H groups in total. The second-order valence-electron chi connectivity index (χ2n) is 10.9. The maximum absolute atomic E-state index is 12.2. The van der Waals surface area contributed by atoms with E-state index in [0.29, 0.717) is 37.9 Å². The van der Waals surface area contributed by atoms with E-state index < -0.39 is 21.8 Å². The molecule has 242 valence electrons. The Labute approximate surface area is 265 Å². The summed E-state index contributed by atoms with van der Waals surface area (Å²) in [6.07, 6.45) is 2.84. The average Bonchev–Trinajstić information content (AvgIpc) is 3.00. The molecule has 0 unspecified atom stereocenters. The van der Waals surface area contributed by atoms with Crippen molar-refractivity contribution in [1.82, 2.24) is 0 Å². The highest BCUT2D eigenvalue weighted by Gasteiger charge is 2.20. The predicted octanol–water partition coefficient (Wildman–Crippen LogP) is 5.64. The van der Waals surface area contributed by atoms with Crippen molar-refractivity contribution < 1.29 is 36.3 Å². The number of hydrogen-bond acceptors (Lipinski definition) is 10. The molecule has 0 aliphatic heterocycles. The second kappa shape index (κ2) is 17.4. The lowest BCUT2D eigenvalue weighted by Gasteiger charge is -2.24. The molecular weight excluding hydrogens is 598 g/mol. The Bertz CT molecular complexity index is 1500. The van der Waals surface area contributed by atoms with Crippen molar-refractivity contribution >= 4 is 34.3 Å². The summed E-state index contributed by atoms with van der Waals surface area (Å²) >= 11 is 0. The van der Waals surface area contributed by atoms with Crippen molar-refractivity contribution in [2.75, 3.05) is 51.6 Å². The highest BCUT2D eigenvalue weighted by atomic mass is 32.2. The Hall–Kier alpha value is -4.10. The molecule has 0 saturated heterocycles. The van der Waals surface area contributed by atoms with Crippen molar-refractivity contribution in [3.63, 3.8) is 0 Å². The lowest BCUT2D eigenvalue weighted by Crippen LogP contribution is -2.34. The Morgan fingerprint density at radius 2 is 1.27 bits per heavy atom. The van der Waals surface area contributed by atoms with E-state index in [0.717, 1.165) is 16.7 Å². The molecule has 0 radical (unpaired) electrons. The smallest absolute Gasteiger partial charge is 0.414 e. The highest BCUT2D eigenvalue weighted by molar-refractivity contribution is 7.86. The van der Waals surface area contributed by atoms with E-state index >= 15 is 0 Å². The van der Waals surface area contributed by atoms with E-state index in [9.17, 15) is 13.2 Å². The van der Waals surface area contributed by atoms with Crippen LogP contribution in [0.2, 0.25) is 0 Å². The number of aryl methyl sites for hydroxylation is 1. The van der Waals surface area contributed by atoms with Crippen LogP contribution in [0.3, 0.4) is 0 Å². The molecule has 1 amide bonds. The van der Waals surface area contributed by atoms with Gasteiger partial charge >= 0.3 is 6.09 Å². The molecule has 11 nitrogen and oxygen atoms in total. The summed E-state index contributed by atoms with van der Waals surface area (Å²) in [7, 11) is -2.13. The Kier molecular flexibility index (Phi) is 13.7. The normalized spacial score (nSPS) is 12.1. The van der Waals surface area contributed by atoms with Gasteiger partial charge in [-0.2, -0.15) is 18.6 Å². The van der Waals surface area contributed by atoms with Gasteiger partial charge in [0.05, 0.1) is 50.4 Å². The van der Waals surface area contributed by atoms with Crippen molar-refractivity contribution in [3.05, 3.63) is 89.5 Å². The van der Waals surface area contributed by atoms with Crippen LogP contribution in [0.4, 0.5) is 10.5 Å². The van der Waals surface area contributed by atoms with Gasteiger partial charge in [0.25, 0.3) is 10.1 Å². The number of benzene rings is 3. The molecule has 3 aromatic rings. The third-order valence-corrected chi connectivity index (χ3v) is 7.28. The fourth-order valence-electron chi connectivity index (χ4n) is 3.59. The monoisotopic (exact) mass is 639 g/mol. The minimum absolute atomic E-state index is 0.0725. The number of anilines is 1. The number of hydrogen-bond donors (Lipinski definition) is 0. The van der Waals surface area contributed by atoms with E-state index in [2.05, 4.69) is 10.2 Å². The van der Waals surface area contributed by atoms with Crippen molar-refractivity contribution in [2.24, 2.45) is 10.2 Å². The molecule has 0 fully saturated rings. The van der Waals surface area contributed by atoms with Crippen molar-refractivity contribution in [1.29, 1.82) is 0 Å². The van der Waals surface area contributed by atoms with E-state index in [1.54, 1.807) is 31.6 Å². The third-order valence-electron chi connectivity index (χ3n) is 5.95. The summed E-state index contributed by atoms with van der Waals surface area (Å²) in [5.74, 6) is 0.693. The Balaban J connectivity index is 1.26. The standard InChI is InChI=1S/C33H41N3O8S/c1-26-6-16-31(17-7-26)45(38,39)43-23-21-41-19-18-40-20-22-42-30-14-10-28(11-15-30)25-35-34-24-27-8-12-29(13-9-27)36(5)32(37)44-33(2,3)4/h6-17,24-25H,18-23H2,1-5H3/b34-24+,35-25+. The first-order valence-electron chi connectivity index (χ1n) is 14.4. The van der Waals surface area contributed by atoms with Crippen LogP contribution in [-0.2, 0) is 28.5 Å². The topological polar surface area (TPSA) is 125 Å². The molecule has 0 aliphatic carbocycles. The first kappa shape index (κ1) is 35.4. The fraction of sp³-hybridized carbons (Fsp3) is 0.364. The molecular formula is C33H41N3O8S. The van der Waals surface area contributed by atoms with Gasteiger partial charge in [0.2, 0.25) is 0 Å². The predicted molar refractivity (Wildman–Crippen MR) is 174 cm³/mol. The van der Waals surface area contributed by atoms with Crippen LogP contribution in [0.1, 0.15) is 37.5 Å². The zero-order valence-electron chi connectivity index (χ0n) is 26.3. The van der Waals surface area contributed by atoms with Gasteiger partial charge in [-0.05, 0) is 87.4 Å². The summed E-state index contributed by atoms with van der Waals surface area (Å²) in [5, 5.41) is 8.19. The summed E-state index contributed by atoms with van der Waals surface area (Å²) in [6.45, 7) is 8.81. The number of carbonyl (C=O) groups is 1. The molecule has 45 heavy (non-hydrogen) atoms. The van der Waals surface area contributed by atoms with Crippen molar-refractivity contribution in [2.45, 2.75) is 38.2 Å². The molecule has 0 heterocycles. The zero-order valence-corrected chi connectivity index (χ0v) is 27.2. The van der Waals surface area contributed by atoms with Crippen LogP contribution in [0.5, 0.6) is 5.75 Å². The lowest BCUT2D eigenvalue weighted by atomic mass is 10.2. The summed E-state index contributed by atoms with van der Waals surface area (Å²) in [5.41, 5.74) is 2.81. The van der Waals surface area contributed by atoms with E-state index in [1.165, 1.54) is 17.0 Å². The third kappa shape index (κ3) is 13.2. The Morgan fingerprint density at radius 1 is 0.756 bits per heavy atom. The summed E-state index contributed by atoms with van der Waals surface area (Å²) in [6, 6.07) is 21.2. The number of rotatable bonds is 16. The molecule has 3 aromatic carbocycles. The van der Waals surface area contributed by atoms with Gasteiger partial charge in [0.15, 0.2) is 0 Å². The first-order chi connectivity index (χ1) is 21.4. The molecule has 0 aliphatic rings. The van der Waals surface area contributed by atoms with Gasteiger partial charge in [0, 0.05) is 12.7 Å². The molecule has 12 heteroatoms. The lowest BCUT2D eigenvalue weighted by molar-refractivity contribution is 0.0279. The van der Waals surface area contributed by atoms with Crippen LogP contribution in [-0.4, -0.2) is 79.2 Å². The van der Waals surface area contributed by atoms with Crippen LogP contribution < -0.4 is 9.64 Å². The molecule has 0 aromatic heterocycles. The van der Waals surface area contributed by atoms with Crippen LogP contribution in [0, 0.1) is 6.92 Å². The second-order valence-corrected chi connectivity index (χ2v) is 12.5. The van der Waals surface area contributed by atoms with Gasteiger partial charge in [-0.3, -0.25) is 9.08 Å². The van der Waals surface area contributed by atoms with Gasteiger partial charge in [-0.25, -0.2) is 4.79 Å². The van der Waals surface area contributed by atoms with Gasteiger partial charge in [-0.15, -0.1) is 0 Å². The number of nitrogens with zero attached hydrogens (tertiary/aromatic N) is 3. The van der Waals surface area contributed by atoms with Gasteiger partial charge in [-0.1, -0.05) is 29.8 Å².